The molecule has 1 rings (SSSR count). The van der Waals surface area contributed by atoms with E-state index in [4.69, 9.17) is 0 Å². The summed E-state index contributed by atoms with van der Waals surface area (Å²) in [6.45, 7) is 11.9. The predicted octanol–water partition coefficient (Wildman–Crippen LogP) is 4.32. The summed E-state index contributed by atoms with van der Waals surface area (Å²) >= 11 is 2.18. The Bertz CT molecular complexity index is 225. The van der Waals surface area contributed by atoms with Crippen LogP contribution in [0.15, 0.2) is 0 Å². The molecule has 1 saturated carbocycles. The van der Waals surface area contributed by atoms with Gasteiger partial charge in [-0.1, -0.05) is 41.0 Å². The third-order valence-electron chi connectivity index (χ3n) is 4.63. The van der Waals surface area contributed by atoms with Crippen LogP contribution in [0.2, 0.25) is 0 Å². The fourth-order valence-electron chi connectivity index (χ4n) is 2.96. The first-order valence-electron chi connectivity index (χ1n) is 7.23. The summed E-state index contributed by atoms with van der Waals surface area (Å²) in [6.07, 6.45) is 5.46. The van der Waals surface area contributed by atoms with Gasteiger partial charge in [-0.3, -0.25) is 0 Å². The van der Waals surface area contributed by atoms with Gasteiger partial charge in [-0.2, -0.15) is 11.8 Å². The molecule has 3 atom stereocenters. The van der Waals surface area contributed by atoms with Crippen molar-refractivity contribution in [2.24, 2.45) is 11.3 Å². The predicted molar refractivity (Wildman–Crippen MR) is 80.8 cm³/mol. The largest absolute Gasteiger partial charge is 0.316 e. The topological polar surface area (TPSA) is 12.0 Å². The Labute approximate surface area is 113 Å². The molecule has 0 amide bonds. The summed E-state index contributed by atoms with van der Waals surface area (Å²) in [7, 11) is 2.13. The zero-order valence-corrected chi connectivity index (χ0v) is 13.4. The summed E-state index contributed by atoms with van der Waals surface area (Å²) in [4.78, 5) is 0. The van der Waals surface area contributed by atoms with Crippen LogP contribution in [0.1, 0.15) is 60.3 Å². The van der Waals surface area contributed by atoms with Gasteiger partial charge in [-0.15, -0.1) is 0 Å². The van der Waals surface area contributed by atoms with Crippen LogP contribution in [-0.4, -0.2) is 23.6 Å². The number of hydrogen-bond donors (Lipinski definition) is 1. The van der Waals surface area contributed by atoms with Crippen LogP contribution in [-0.2, 0) is 0 Å². The van der Waals surface area contributed by atoms with Crippen LogP contribution in [0.5, 0.6) is 0 Å². The molecule has 2 heteroatoms. The Hall–Kier alpha value is 0.310. The van der Waals surface area contributed by atoms with Gasteiger partial charge in [0.25, 0.3) is 0 Å². The van der Waals surface area contributed by atoms with E-state index in [-0.39, 0.29) is 0 Å². The Morgan fingerprint density at radius 2 is 1.94 bits per heavy atom. The molecule has 0 heterocycles. The minimum Gasteiger partial charge on any atom is -0.316 e. The van der Waals surface area contributed by atoms with Crippen LogP contribution in [0.25, 0.3) is 0 Å². The van der Waals surface area contributed by atoms with Crippen LogP contribution >= 0.6 is 11.8 Å². The molecule has 1 fully saturated rings. The van der Waals surface area contributed by atoms with Crippen LogP contribution in [0.4, 0.5) is 0 Å². The third kappa shape index (κ3) is 4.17. The van der Waals surface area contributed by atoms with Crippen molar-refractivity contribution >= 4 is 11.8 Å². The van der Waals surface area contributed by atoms with Crippen molar-refractivity contribution in [3.05, 3.63) is 0 Å². The Balaban J connectivity index is 2.65. The lowest BCUT2D eigenvalue weighted by molar-refractivity contribution is 0.142. The summed E-state index contributed by atoms with van der Waals surface area (Å²) in [6, 6.07) is 0.728. The maximum absolute atomic E-state index is 3.53. The van der Waals surface area contributed by atoms with Gasteiger partial charge >= 0.3 is 0 Å². The normalized spacial score (nSPS) is 30.9. The average molecular weight is 257 g/mol. The maximum atomic E-state index is 3.53. The minimum atomic E-state index is 0.522. The molecule has 0 aromatic heterocycles. The van der Waals surface area contributed by atoms with Gasteiger partial charge in [0.1, 0.15) is 0 Å². The Morgan fingerprint density at radius 1 is 1.29 bits per heavy atom. The van der Waals surface area contributed by atoms with Crippen LogP contribution in [0.3, 0.4) is 0 Å². The molecule has 0 spiro atoms. The van der Waals surface area contributed by atoms with E-state index in [2.05, 4.69) is 58.7 Å². The number of hydrogen-bond acceptors (Lipinski definition) is 2. The van der Waals surface area contributed by atoms with Gasteiger partial charge in [0.05, 0.1) is 0 Å². The third-order valence-corrected chi connectivity index (χ3v) is 6.04. The zero-order chi connectivity index (χ0) is 13.1. The fraction of sp³-hybridized carbons (Fsp3) is 1.00. The van der Waals surface area contributed by atoms with Crippen molar-refractivity contribution in [1.29, 1.82) is 0 Å². The second kappa shape index (κ2) is 6.47. The molecule has 0 saturated heterocycles. The van der Waals surface area contributed by atoms with Crippen molar-refractivity contribution in [2.75, 3.05) is 7.05 Å². The first kappa shape index (κ1) is 15.4. The molecule has 1 aliphatic rings. The molecule has 3 unspecified atom stereocenters. The first-order chi connectivity index (χ1) is 7.90. The number of thioether (sulfide) groups is 1. The lowest BCUT2D eigenvalue weighted by Crippen LogP contribution is -2.44. The Kier molecular flexibility index (Phi) is 5.85. The molecule has 0 radical (unpaired) electrons. The summed E-state index contributed by atoms with van der Waals surface area (Å²) in [5.74, 6) is 0.911. The highest BCUT2D eigenvalue weighted by Crippen LogP contribution is 2.44. The monoisotopic (exact) mass is 257 g/mol. The van der Waals surface area contributed by atoms with E-state index in [1.54, 1.807) is 0 Å². The molecular weight excluding hydrogens is 226 g/mol. The lowest BCUT2D eigenvalue weighted by atomic mass is 9.68. The number of nitrogens with one attached hydrogen (secondary N) is 1. The smallest absolute Gasteiger partial charge is 0.0206 e. The number of rotatable bonds is 5. The molecule has 17 heavy (non-hydrogen) atoms. The zero-order valence-electron chi connectivity index (χ0n) is 12.5. The van der Waals surface area contributed by atoms with Crippen molar-refractivity contribution in [3.63, 3.8) is 0 Å². The maximum Gasteiger partial charge on any atom is 0.0206 e. The molecule has 1 N–H and O–H groups in total. The Morgan fingerprint density at radius 3 is 2.41 bits per heavy atom. The second-order valence-electron chi connectivity index (χ2n) is 6.47. The van der Waals surface area contributed by atoms with E-state index in [1.807, 2.05) is 0 Å². The van der Waals surface area contributed by atoms with Crippen LogP contribution in [0, 0.1) is 11.3 Å². The SMILES string of the molecule is CCC(C)(C)C1CCC(NC)C(SC(C)C)C1. The van der Waals surface area contributed by atoms with Crippen LogP contribution < -0.4 is 5.32 Å². The molecule has 102 valence electrons. The standard InChI is InChI=1S/C15H31NS/c1-7-15(4,5)12-8-9-13(16-6)14(10-12)17-11(2)3/h11-14,16H,7-10H2,1-6H3. The van der Waals surface area contributed by atoms with Crippen molar-refractivity contribution in [3.8, 4) is 0 Å². The van der Waals surface area contributed by atoms with E-state index in [9.17, 15) is 0 Å². The van der Waals surface area contributed by atoms with E-state index in [0.717, 1.165) is 22.5 Å². The fourth-order valence-corrected chi connectivity index (χ4v) is 4.46. The van der Waals surface area contributed by atoms with E-state index >= 15 is 0 Å². The second-order valence-corrected chi connectivity index (χ2v) is 8.29. The molecule has 0 aliphatic heterocycles. The van der Waals surface area contributed by atoms with Gasteiger partial charge in [0, 0.05) is 11.3 Å². The van der Waals surface area contributed by atoms with Crippen molar-refractivity contribution in [1.82, 2.24) is 5.32 Å². The first-order valence-corrected chi connectivity index (χ1v) is 8.17. The van der Waals surface area contributed by atoms with E-state index < -0.39 is 0 Å². The molecular formula is C15H31NS. The van der Waals surface area contributed by atoms with Gasteiger partial charge < -0.3 is 5.32 Å². The molecule has 0 aromatic rings. The van der Waals surface area contributed by atoms with E-state index in [0.29, 0.717) is 5.41 Å². The minimum absolute atomic E-state index is 0.522. The van der Waals surface area contributed by atoms with Crippen molar-refractivity contribution in [2.45, 2.75) is 76.8 Å². The van der Waals surface area contributed by atoms with Gasteiger partial charge in [-0.25, -0.2) is 0 Å². The van der Waals surface area contributed by atoms with Crippen molar-refractivity contribution < 1.29 is 0 Å². The highest BCUT2D eigenvalue weighted by Gasteiger charge is 2.37. The lowest BCUT2D eigenvalue weighted by Gasteiger charge is -2.43. The van der Waals surface area contributed by atoms with E-state index in [1.165, 1.54) is 25.7 Å². The quantitative estimate of drug-likeness (QED) is 0.787. The molecule has 1 nitrogen and oxygen atoms in total. The van der Waals surface area contributed by atoms with Gasteiger partial charge in [0.15, 0.2) is 0 Å². The average Bonchev–Trinajstić information content (AvgIpc) is 2.28. The molecule has 0 bridgehead atoms. The summed E-state index contributed by atoms with van der Waals surface area (Å²) in [5, 5.41) is 5.09. The summed E-state index contributed by atoms with van der Waals surface area (Å²) < 4.78 is 0. The van der Waals surface area contributed by atoms with Gasteiger partial charge in [-0.05, 0) is 42.9 Å². The highest BCUT2D eigenvalue weighted by atomic mass is 32.2. The molecule has 1 aliphatic carbocycles. The highest BCUT2D eigenvalue weighted by molar-refractivity contribution is 8.00. The van der Waals surface area contributed by atoms with Gasteiger partial charge in [0.2, 0.25) is 0 Å². The summed E-state index contributed by atoms with van der Waals surface area (Å²) in [5.41, 5.74) is 0.522. The molecule has 0 aromatic carbocycles.